The fourth-order valence-electron chi connectivity index (χ4n) is 5.84. The highest BCUT2D eigenvalue weighted by Crippen LogP contribution is 2.42. The van der Waals surface area contributed by atoms with Crippen LogP contribution in [0.2, 0.25) is 5.02 Å². The van der Waals surface area contributed by atoms with Crippen molar-refractivity contribution < 1.29 is 33.3 Å². The number of aliphatic hydroxyl groups excluding tert-OH is 1. The minimum atomic E-state index is -5.24. The van der Waals surface area contributed by atoms with E-state index >= 15 is 0 Å². The van der Waals surface area contributed by atoms with Gasteiger partial charge < -0.3 is 25.1 Å². The summed E-state index contributed by atoms with van der Waals surface area (Å²) >= 11 is 6.44. The van der Waals surface area contributed by atoms with Crippen LogP contribution in [-0.2, 0) is 10.4 Å². The molecule has 0 aromatic heterocycles. The van der Waals surface area contributed by atoms with Crippen molar-refractivity contribution in [3.8, 4) is 5.75 Å². The summed E-state index contributed by atoms with van der Waals surface area (Å²) in [6.45, 7) is 2.00. The Morgan fingerprint density at radius 2 is 1.62 bits per heavy atom. The molecule has 11 heteroatoms. The van der Waals surface area contributed by atoms with Crippen LogP contribution < -0.4 is 4.90 Å². The van der Waals surface area contributed by atoms with Crippen LogP contribution >= 0.6 is 11.6 Å². The summed E-state index contributed by atoms with van der Waals surface area (Å²) in [7, 11) is 3.56. The molecule has 4 rings (SSSR count). The molecule has 40 heavy (non-hydrogen) atoms. The maximum absolute atomic E-state index is 14.0. The lowest BCUT2D eigenvalue weighted by Gasteiger charge is -2.40. The molecule has 220 valence electrons. The minimum Gasteiger partial charge on any atom is -0.508 e. The average molecular weight is 584 g/mol. The van der Waals surface area contributed by atoms with Crippen LogP contribution in [0.5, 0.6) is 5.75 Å². The van der Waals surface area contributed by atoms with Crippen LogP contribution in [0, 0.1) is 11.8 Å². The topological polar surface area (TPSA) is 87.5 Å². The van der Waals surface area contributed by atoms with Crippen LogP contribution in [0.15, 0.2) is 42.5 Å². The zero-order valence-electron chi connectivity index (χ0n) is 22.7. The predicted molar refractivity (Wildman–Crippen MR) is 147 cm³/mol. The lowest BCUT2D eigenvalue weighted by Crippen LogP contribution is -2.57. The molecule has 2 aliphatic heterocycles. The van der Waals surface area contributed by atoms with Gasteiger partial charge in [-0.05, 0) is 82.3 Å². The average Bonchev–Trinajstić information content (AvgIpc) is 2.92. The number of aliphatic hydroxyl groups is 2. The number of aromatic hydroxyl groups is 1. The molecule has 2 aromatic rings. The van der Waals surface area contributed by atoms with Gasteiger partial charge in [-0.3, -0.25) is 9.69 Å². The van der Waals surface area contributed by atoms with E-state index in [4.69, 9.17) is 11.6 Å². The van der Waals surface area contributed by atoms with Gasteiger partial charge in [0.2, 0.25) is 0 Å². The van der Waals surface area contributed by atoms with E-state index in [1.807, 2.05) is 18.2 Å². The Morgan fingerprint density at radius 1 is 1.02 bits per heavy atom. The number of nitrogens with zero attached hydrogens (tertiary/aromatic N) is 3. The van der Waals surface area contributed by atoms with Gasteiger partial charge >= 0.3 is 6.18 Å². The Morgan fingerprint density at radius 3 is 2.15 bits per heavy atom. The number of likely N-dealkylation sites (tertiary alicyclic amines) is 1. The molecule has 0 aliphatic carbocycles. The number of halogens is 4. The standard InChI is InChI=1S/C29H37ClF3N3O4/c1-34(2)26(38)24-7-6-22(18-25(24)30)35-12-8-19(9-13-35)16-20-10-14-36(15-11-20)27(39)28(40,29(31,32)33)21-4-3-5-23(37)17-21/h3-7,17-20,26,37-38,40H,8-16H2,1-2H3. The molecule has 0 spiro atoms. The highest BCUT2D eigenvalue weighted by atomic mass is 35.5. The first kappa shape index (κ1) is 30.4. The molecule has 2 aromatic carbocycles. The number of phenols is 1. The second kappa shape index (κ2) is 12.1. The summed E-state index contributed by atoms with van der Waals surface area (Å²) in [6.07, 6.45) is -1.96. The molecular weight excluding hydrogens is 547 g/mol. The molecule has 0 bridgehead atoms. The lowest BCUT2D eigenvalue weighted by atomic mass is 9.82. The number of hydrogen-bond donors (Lipinski definition) is 3. The second-order valence-corrected chi connectivity index (χ2v) is 11.6. The van der Waals surface area contributed by atoms with Crippen molar-refractivity contribution in [1.82, 2.24) is 9.80 Å². The Labute approximate surface area is 237 Å². The molecule has 2 heterocycles. The summed E-state index contributed by atoms with van der Waals surface area (Å²) in [5, 5.41) is 31.1. The summed E-state index contributed by atoms with van der Waals surface area (Å²) in [4.78, 5) is 18.1. The van der Waals surface area contributed by atoms with Crippen LogP contribution in [0.1, 0.15) is 49.5 Å². The van der Waals surface area contributed by atoms with Gasteiger partial charge in [0, 0.05) is 48.0 Å². The molecule has 0 saturated carbocycles. The molecule has 2 atom stereocenters. The molecule has 2 saturated heterocycles. The first-order valence-electron chi connectivity index (χ1n) is 13.6. The normalized spacial score (nSPS) is 20.0. The number of anilines is 1. The van der Waals surface area contributed by atoms with Gasteiger partial charge in [-0.15, -0.1) is 0 Å². The zero-order valence-corrected chi connectivity index (χ0v) is 23.5. The third kappa shape index (κ3) is 6.35. The third-order valence-electron chi connectivity index (χ3n) is 8.28. The zero-order chi connectivity index (χ0) is 29.2. The number of amides is 1. The van der Waals surface area contributed by atoms with Crippen molar-refractivity contribution >= 4 is 23.2 Å². The Balaban J connectivity index is 1.30. The van der Waals surface area contributed by atoms with Crippen molar-refractivity contribution in [3.63, 3.8) is 0 Å². The quantitative estimate of drug-likeness (QED) is 0.402. The van der Waals surface area contributed by atoms with E-state index in [2.05, 4.69) is 4.90 Å². The van der Waals surface area contributed by atoms with Crippen LogP contribution in [-0.4, -0.2) is 77.5 Å². The van der Waals surface area contributed by atoms with E-state index in [1.165, 1.54) is 12.1 Å². The van der Waals surface area contributed by atoms with Gasteiger partial charge in [-0.1, -0.05) is 29.8 Å². The van der Waals surface area contributed by atoms with Crippen LogP contribution in [0.3, 0.4) is 0 Å². The van der Waals surface area contributed by atoms with Gasteiger partial charge in [-0.2, -0.15) is 13.2 Å². The molecule has 2 aliphatic rings. The predicted octanol–water partition coefficient (Wildman–Crippen LogP) is 4.89. The molecule has 7 nitrogen and oxygen atoms in total. The lowest BCUT2D eigenvalue weighted by molar-refractivity contribution is -0.262. The number of phenolic OH excluding ortho intramolecular Hbond substituents is 1. The number of benzene rings is 2. The van der Waals surface area contributed by atoms with Gasteiger partial charge in [0.05, 0.1) is 0 Å². The summed E-state index contributed by atoms with van der Waals surface area (Å²) in [5.74, 6) is -1.09. The van der Waals surface area contributed by atoms with Gasteiger partial charge in [0.1, 0.15) is 12.0 Å². The highest BCUT2D eigenvalue weighted by Gasteiger charge is 2.62. The number of hydrogen-bond acceptors (Lipinski definition) is 6. The number of rotatable bonds is 7. The fraction of sp³-hybridized carbons (Fsp3) is 0.552. The van der Waals surface area contributed by atoms with Crippen molar-refractivity contribution in [3.05, 3.63) is 58.6 Å². The van der Waals surface area contributed by atoms with Crippen molar-refractivity contribution in [2.75, 3.05) is 45.2 Å². The Kier molecular flexibility index (Phi) is 9.24. The summed E-state index contributed by atoms with van der Waals surface area (Å²) < 4.78 is 41.9. The van der Waals surface area contributed by atoms with Crippen LogP contribution in [0.25, 0.3) is 0 Å². The number of piperidine rings is 2. The van der Waals surface area contributed by atoms with Gasteiger partial charge in [-0.25, -0.2) is 0 Å². The van der Waals surface area contributed by atoms with Crippen molar-refractivity contribution in [2.24, 2.45) is 11.8 Å². The van der Waals surface area contributed by atoms with Gasteiger partial charge in [0.15, 0.2) is 0 Å². The van der Waals surface area contributed by atoms with E-state index in [0.717, 1.165) is 55.1 Å². The minimum absolute atomic E-state index is 0.142. The molecule has 2 fully saturated rings. The molecule has 1 amide bonds. The van der Waals surface area contributed by atoms with Crippen molar-refractivity contribution in [1.29, 1.82) is 0 Å². The summed E-state index contributed by atoms with van der Waals surface area (Å²) in [5.41, 5.74) is -2.74. The van der Waals surface area contributed by atoms with E-state index in [9.17, 15) is 33.3 Å². The largest absolute Gasteiger partial charge is 0.508 e. The van der Waals surface area contributed by atoms with Crippen molar-refractivity contribution in [2.45, 2.75) is 50.1 Å². The Hall–Kier alpha value is -2.53. The fourth-order valence-corrected chi connectivity index (χ4v) is 6.11. The maximum atomic E-state index is 14.0. The van der Waals surface area contributed by atoms with E-state index in [-0.39, 0.29) is 13.1 Å². The number of carbonyl (C=O) groups excluding carboxylic acids is 1. The Bertz CT molecular complexity index is 1180. The monoisotopic (exact) mass is 583 g/mol. The first-order chi connectivity index (χ1) is 18.8. The van der Waals surface area contributed by atoms with E-state index in [0.29, 0.717) is 35.3 Å². The molecular formula is C29H37ClF3N3O4. The number of alkyl halides is 3. The SMILES string of the molecule is CN(C)C(O)c1ccc(N2CCC(CC3CCN(C(=O)C(O)(c4cccc(O)c4)C(F)(F)F)CC3)CC2)cc1Cl. The molecule has 0 radical (unpaired) electrons. The highest BCUT2D eigenvalue weighted by molar-refractivity contribution is 6.31. The van der Waals surface area contributed by atoms with Gasteiger partial charge in [0.25, 0.3) is 11.5 Å². The molecule has 2 unspecified atom stereocenters. The first-order valence-corrected chi connectivity index (χ1v) is 14.0. The third-order valence-corrected chi connectivity index (χ3v) is 8.61. The van der Waals surface area contributed by atoms with Crippen LogP contribution in [0.4, 0.5) is 18.9 Å². The summed E-state index contributed by atoms with van der Waals surface area (Å²) in [6, 6.07) is 9.84. The molecule has 3 N–H and O–H groups in total. The van der Waals surface area contributed by atoms with E-state index < -0.39 is 35.2 Å². The number of carbonyl (C=O) groups is 1. The second-order valence-electron chi connectivity index (χ2n) is 11.2. The van der Waals surface area contributed by atoms with E-state index in [1.54, 1.807) is 19.0 Å². The smallest absolute Gasteiger partial charge is 0.430 e. The maximum Gasteiger partial charge on any atom is 0.430 e.